The zero-order valence-electron chi connectivity index (χ0n) is 15.3. The third-order valence-electron chi connectivity index (χ3n) is 4.19. The van der Waals surface area contributed by atoms with E-state index in [1.807, 2.05) is 26.2 Å². The highest BCUT2D eigenvalue weighted by atomic mass is 32.2. The summed E-state index contributed by atoms with van der Waals surface area (Å²) in [6.07, 6.45) is 2.67. The first-order chi connectivity index (χ1) is 12.9. The third kappa shape index (κ3) is 4.00. The van der Waals surface area contributed by atoms with Crippen LogP contribution < -0.4 is 14.8 Å². The summed E-state index contributed by atoms with van der Waals surface area (Å²) in [6, 6.07) is 8.05. The van der Waals surface area contributed by atoms with Crippen molar-refractivity contribution in [2.75, 3.05) is 18.2 Å². The van der Waals surface area contributed by atoms with Gasteiger partial charge in [-0.25, -0.2) is 0 Å². The second-order valence-electron chi connectivity index (χ2n) is 6.12. The molecule has 1 N–H and O–H groups in total. The summed E-state index contributed by atoms with van der Waals surface area (Å²) >= 11 is 1.41. The summed E-state index contributed by atoms with van der Waals surface area (Å²) < 4.78 is 11.4. The molecule has 0 bridgehead atoms. The van der Waals surface area contributed by atoms with E-state index < -0.39 is 10.8 Å². The van der Waals surface area contributed by atoms with Crippen molar-refractivity contribution >= 4 is 29.0 Å². The van der Waals surface area contributed by atoms with Gasteiger partial charge in [-0.15, -0.1) is 11.8 Å². The highest BCUT2D eigenvalue weighted by Crippen LogP contribution is 2.38. The van der Waals surface area contributed by atoms with Crippen LogP contribution in [0.2, 0.25) is 0 Å². The Morgan fingerprint density at radius 3 is 2.85 bits per heavy atom. The lowest BCUT2D eigenvalue weighted by molar-refractivity contribution is -0.385. The maximum Gasteiger partial charge on any atom is 0.282 e. The third-order valence-corrected chi connectivity index (χ3v) is 4.92. The molecule has 2 aromatic rings. The molecule has 0 spiro atoms. The smallest absolute Gasteiger partial charge is 0.282 e. The van der Waals surface area contributed by atoms with E-state index in [-0.39, 0.29) is 17.4 Å². The molecule has 3 rings (SSSR count). The Morgan fingerprint density at radius 2 is 2.19 bits per heavy atom. The second kappa shape index (κ2) is 7.87. The SMILES string of the molecule is CCOc1cc2c(cc1NC(=O)c1cc(SC)ccc1[N+](=O)[O-])O[C@H](C)C2. The maximum atomic E-state index is 12.8. The fourth-order valence-corrected chi connectivity index (χ4v) is 3.42. The molecule has 1 aliphatic rings. The van der Waals surface area contributed by atoms with Crippen LogP contribution in [0.1, 0.15) is 29.8 Å². The van der Waals surface area contributed by atoms with Crippen LogP contribution in [0.25, 0.3) is 0 Å². The highest BCUT2D eigenvalue weighted by Gasteiger charge is 2.25. The van der Waals surface area contributed by atoms with Gasteiger partial charge < -0.3 is 14.8 Å². The van der Waals surface area contributed by atoms with Crippen molar-refractivity contribution in [2.24, 2.45) is 0 Å². The Morgan fingerprint density at radius 1 is 1.41 bits per heavy atom. The Bertz CT molecular complexity index is 900. The summed E-state index contributed by atoms with van der Waals surface area (Å²) in [5.74, 6) is 0.643. The average molecular weight is 388 g/mol. The number of hydrogen-bond acceptors (Lipinski definition) is 6. The number of anilines is 1. The number of thioether (sulfide) groups is 1. The number of nitrogens with one attached hydrogen (secondary N) is 1. The molecule has 0 fully saturated rings. The molecule has 0 saturated heterocycles. The van der Waals surface area contributed by atoms with Gasteiger partial charge in [-0.2, -0.15) is 0 Å². The van der Waals surface area contributed by atoms with Crippen molar-refractivity contribution in [3.8, 4) is 11.5 Å². The minimum Gasteiger partial charge on any atom is -0.492 e. The average Bonchev–Trinajstić information content (AvgIpc) is 3.00. The molecule has 8 heteroatoms. The number of ether oxygens (including phenoxy) is 2. The number of nitro benzene ring substituents is 1. The Hall–Kier alpha value is -2.74. The minimum atomic E-state index is -0.565. The molecule has 142 valence electrons. The van der Waals surface area contributed by atoms with E-state index in [0.29, 0.717) is 23.8 Å². The molecule has 0 aromatic heterocycles. The van der Waals surface area contributed by atoms with Gasteiger partial charge in [0.2, 0.25) is 0 Å². The van der Waals surface area contributed by atoms with Crippen molar-refractivity contribution < 1.29 is 19.2 Å². The molecule has 0 saturated carbocycles. The van der Waals surface area contributed by atoms with Crippen molar-refractivity contribution in [1.29, 1.82) is 0 Å². The first-order valence-electron chi connectivity index (χ1n) is 8.53. The number of carbonyl (C=O) groups excluding carboxylic acids is 1. The molecule has 0 radical (unpaired) electrons. The van der Waals surface area contributed by atoms with E-state index in [1.165, 1.54) is 23.9 Å². The summed E-state index contributed by atoms with van der Waals surface area (Å²) in [5, 5.41) is 14.1. The van der Waals surface area contributed by atoms with Gasteiger partial charge in [0, 0.05) is 29.0 Å². The maximum absolute atomic E-state index is 12.8. The molecule has 1 amide bonds. The first-order valence-corrected chi connectivity index (χ1v) is 9.75. The van der Waals surface area contributed by atoms with Gasteiger partial charge in [0.15, 0.2) is 0 Å². The number of benzene rings is 2. The molecule has 27 heavy (non-hydrogen) atoms. The van der Waals surface area contributed by atoms with Crippen LogP contribution in [0.15, 0.2) is 35.2 Å². The van der Waals surface area contributed by atoms with Crippen LogP contribution in [0, 0.1) is 10.1 Å². The molecule has 0 aliphatic carbocycles. The van der Waals surface area contributed by atoms with Gasteiger partial charge in [0.25, 0.3) is 11.6 Å². The van der Waals surface area contributed by atoms with E-state index in [2.05, 4.69) is 5.32 Å². The summed E-state index contributed by atoms with van der Waals surface area (Å²) in [5.41, 5.74) is 1.20. The van der Waals surface area contributed by atoms with Gasteiger partial charge in [0.1, 0.15) is 23.2 Å². The van der Waals surface area contributed by atoms with E-state index in [0.717, 1.165) is 16.9 Å². The van der Waals surface area contributed by atoms with Crippen LogP contribution in [0.4, 0.5) is 11.4 Å². The number of hydrogen-bond donors (Lipinski definition) is 1. The van der Waals surface area contributed by atoms with Crippen LogP contribution in [-0.4, -0.2) is 29.8 Å². The van der Waals surface area contributed by atoms with Crippen molar-refractivity contribution in [1.82, 2.24) is 0 Å². The first kappa shape index (κ1) is 19.0. The number of fused-ring (bicyclic) bond motifs is 1. The molecule has 1 heterocycles. The van der Waals surface area contributed by atoms with Crippen molar-refractivity contribution in [3.05, 3.63) is 51.6 Å². The monoisotopic (exact) mass is 388 g/mol. The molecular formula is C19H20N2O5S. The van der Waals surface area contributed by atoms with Crippen molar-refractivity contribution in [2.45, 2.75) is 31.3 Å². The van der Waals surface area contributed by atoms with E-state index in [1.54, 1.807) is 12.1 Å². The molecule has 1 atom stereocenters. The molecule has 0 unspecified atom stereocenters. The van der Waals surface area contributed by atoms with Gasteiger partial charge in [-0.1, -0.05) is 0 Å². The fourth-order valence-electron chi connectivity index (χ4n) is 2.98. The summed E-state index contributed by atoms with van der Waals surface area (Å²) in [6.45, 7) is 4.25. The van der Waals surface area contributed by atoms with Gasteiger partial charge >= 0.3 is 0 Å². The number of rotatable bonds is 6. The quantitative estimate of drug-likeness (QED) is 0.451. The molecule has 1 aliphatic heterocycles. The number of nitrogens with zero attached hydrogens (tertiary/aromatic N) is 1. The fraction of sp³-hybridized carbons (Fsp3) is 0.316. The van der Waals surface area contributed by atoms with Crippen molar-refractivity contribution in [3.63, 3.8) is 0 Å². The van der Waals surface area contributed by atoms with Gasteiger partial charge in [-0.3, -0.25) is 14.9 Å². The van der Waals surface area contributed by atoms with Crippen LogP contribution >= 0.6 is 11.8 Å². The summed E-state index contributed by atoms with van der Waals surface area (Å²) in [4.78, 5) is 24.3. The number of carbonyl (C=O) groups is 1. The Labute approximate surface area is 161 Å². The zero-order valence-corrected chi connectivity index (χ0v) is 16.1. The Kier molecular flexibility index (Phi) is 5.55. The highest BCUT2D eigenvalue weighted by molar-refractivity contribution is 7.98. The number of amides is 1. The van der Waals surface area contributed by atoms with E-state index >= 15 is 0 Å². The Balaban J connectivity index is 1.97. The van der Waals surface area contributed by atoms with E-state index in [9.17, 15) is 14.9 Å². The minimum absolute atomic E-state index is 0.00378. The molecular weight excluding hydrogens is 368 g/mol. The lowest BCUT2D eigenvalue weighted by Crippen LogP contribution is -2.15. The standard InChI is InChI=1S/C19H20N2O5S/c1-4-25-18-8-12-7-11(2)26-17(12)10-15(18)20-19(22)14-9-13(27-3)5-6-16(14)21(23)24/h5-6,8-11H,4,7H2,1-3H3,(H,20,22)/t11-/m1/s1. The molecule has 7 nitrogen and oxygen atoms in total. The van der Waals surface area contributed by atoms with Gasteiger partial charge in [0.05, 0.1) is 17.2 Å². The zero-order chi connectivity index (χ0) is 19.6. The predicted molar refractivity (Wildman–Crippen MR) is 104 cm³/mol. The lowest BCUT2D eigenvalue weighted by Gasteiger charge is -2.14. The van der Waals surface area contributed by atoms with E-state index in [4.69, 9.17) is 9.47 Å². The number of nitro groups is 1. The normalized spacial score (nSPS) is 15.0. The molecule has 2 aromatic carbocycles. The lowest BCUT2D eigenvalue weighted by atomic mass is 10.1. The largest absolute Gasteiger partial charge is 0.492 e. The topological polar surface area (TPSA) is 90.7 Å². The van der Waals surface area contributed by atoms with Crippen LogP contribution in [-0.2, 0) is 6.42 Å². The van der Waals surface area contributed by atoms with Crippen LogP contribution in [0.5, 0.6) is 11.5 Å². The van der Waals surface area contributed by atoms with Gasteiger partial charge in [-0.05, 0) is 38.3 Å². The van der Waals surface area contributed by atoms with Crippen LogP contribution in [0.3, 0.4) is 0 Å². The predicted octanol–water partition coefficient (Wildman–Crippen LogP) is 4.29. The summed E-state index contributed by atoms with van der Waals surface area (Å²) in [7, 11) is 0. The second-order valence-corrected chi connectivity index (χ2v) is 7.00.